The lowest BCUT2D eigenvalue weighted by Gasteiger charge is -2.20. The predicted octanol–water partition coefficient (Wildman–Crippen LogP) is 4.61. The Balaban J connectivity index is 1.46. The Hall–Kier alpha value is -1.80. The zero-order chi connectivity index (χ0) is 18.9. The first-order valence-electron chi connectivity index (χ1n) is 9.40. The zero-order valence-corrected chi connectivity index (χ0v) is 17.2. The molecule has 1 aromatic carbocycles. The Morgan fingerprint density at radius 3 is 2.70 bits per heavy atom. The van der Waals surface area contributed by atoms with Gasteiger partial charge in [-0.15, -0.1) is 10.2 Å². The van der Waals surface area contributed by atoms with Gasteiger partial charge in [0, 0.05) is 6.04 Å². The summed E-state index contributed by atoms with van der Waals surface area (Å²) in [6, 6.07) is 7.99. The van der Waals surface area contributed by atoms with Gasteiger partial charge in [0.2, 0.25) is 11.0 Å². The predicted molar refractivity (Wildman–Crippen MR) is 111 cm³/mol. The van der Waals surface area contributed by atoms with Gasteiger partial charge in [-0.2, -0.15) is 0 Å². The maximum absolute atomic E-state index is 12.3. The van der Waals surface area contributed by atoms with Gasteiger partial charge in [0.1, 0.15) is 5.75 Å². The van der Waals surface area contributed by atoms with E-state index in [0.717, 1.165) is 28.6 Å². The largest absolute Gasteiger partial charge is 0.495 e. The molecular formula is C19H26N4O2S2. The number of carbonyl (C=O) groups is 1. The Kier molecular flexibility index (Phi) is 7.77. The Morgan fingerprint density at radius 1 is 1.19 bits per heavy atom. The first-order valence-corrected chi connectivity index (χ1v) is 11.2. The molecule has 0 spiro atoms. The molecule has 0 bridgehead atoms. The minimum absolute atomic E-state index is 0.0833. The number of ether oxygens (including phenoxy) is 1. The van der Waals surface area contributed by atoms with Crippen LogP contribution in [0.3, 0.4) is 0 Å². The molecule has 0 radical (unpaired) electrons. The number of anilines is 2. The van der Waals surface area contributed by atoms with Crippen LogP contribution >= 0.6 is 23.1 Å². The number of benzene rings is 1. The Morgan fingerprint density at radius 2 is 1.93 bits per heavy atom. The third kappa shape index (κ3) is 6.39. The molecule has 0 saturated heterocycles. The second-order valence-electron chi connectivity index (χ2n) is 6.60. The van der Waals surface area contributed by atoms with E-state index >= 15 is 0 Å². The summed E-state index contributed by atoms with van der Waals surface area (Å²) in [7, 11) is 1.64. The van der Waals surface area contributed by atoms with E-state index < -0.39 is 0 Å². The monoisotopic (exact) mass is 406 g/mol. The summed E-state index contributed by atoms with van der Waals surface area (Å²) in [4.78, 5) is 12.3. The van der Waals surface area contributed by atoms with Gasteiger partial charge in [-0.1, -0.05) is 67.3 Å². The van der Waals surface area contributed by atoms with Crippen molar-refractivity contribution in [1.82, 2.24) is 15.5 Å². The smallest absolute Gasteiger partial charge is 0.230 e. The normalized spacial score (nSPS) is 15.6. The van der Waals surface area contributed by atoms with Crippen molar-refractivity contribution in [3.8, 4) is 5.75 Å². The highest BCUT2D eigenvalue weighted by atomic mass is 32.2. The number of hydrogen-bond acceptors (Lipinski definition) is 7. The standard InChI is InChI=1S/C19H26N4O2S2/c1-25-16-12-8-7-11-15(16)21-18-22-23-19(27-18)26-13-17(24)20-14-9-5-3-2-4-6-10-14/h7-8,11-12,14H,2-6,9-10,13H2,1H3,(H,20,24)(H,21,22). The highest BCUT2D eigenvalue weighted by molar-refractivity contribution is 8.01. The number of amides is 1. The number of para-hydroxylation sites is 2. The lowest BCUT2D eigenvalue weighted by Crippen LogP contribution is -2.36. The van der Waals surface area contributed by atoms with Gasteiger partial charge >= 0.3 is 0 Å². The Labute approximate surface area is 168 Å². The maximum atomic E-state index is 12.3. The van der Waals surface area contributed by atoms with Gasteiger partial charge < -0.3 is 15.4 Å². The maximum Gasteiger partial charge on any atom is 0.230 e. The summed E-state index contributed by atoms with van der Waals surface area (Å²) in [6.07, 6.45) is 8.53. The van der Waals surface area contributed by atoms with E-state index in [2.05, 4.69) is 20.8 Å². The van der Waals surface area contributed by atoms with Crippen LogP contribution in [-0.4, -0.2) is 35.0 Å². The summed E-state index contributed by atoms with van der Waals surface area (Å²) < 4.78 is 6.11. The van der Waals surface area contributed by atoms with Crippen LogP contribution in [0.25, 0.3) is 0 Å². The second-order valence-corrected chi connectivity index (χ2v) is 8.80. The number of nitrogens with zero attached hydrogens (tertiary/aromatic N) is 2. The van der Waals surface area contributed by atoms with Crippen LogP contribution in [-0.2, 0) is 4.79 Å². The summed E-state index contributed by atoms with van der Waals surface area (Å²) in [5.74, 6) is 1.21. The molecule has 1 aliphatic rings. The molecule has 1 aromatic heterocycles. The van der Waals surface area contributed by atoms with Crippen LogP contribution in [0.5, 0.6) is 5.75 Å². The third-order valence-electron chi connectivity index (χ3n) is 4.55. The van der Waals surface area contributed by atoms with E-state index in [4.69, 9.17) is 4.74 Å². The van der Waals surface area contributed by atoms with Crippen molar-refractivity contribution < 1.29 is 9.53 Å². The van der Waals surface area contributed by atoms with Crippen molar-refractivity contribution in [2.24, 2.45) is 0 Å². The number of carbonyl (C=O) groups excluding carboxylic acids is 1. The van der Waals surface area contributed by atoms with Gasteiger partial charge in [0.05, 0.1) is 18.6 Å². The fourth-order valence-electron chi connectivity index (χ4n) is 3.18. The van der Waals surface area contributed by atoms with Crippen LogP contribution in [0.4, 0.5) is 10.8 Å². The third-order valence-corrected chi connectivity index (χ3v) is 6.52. The molecule has 0 atom stereocenters. The highest BCUT2D eigenvalue weighted by Gasteiger charge is 2.15. The van der Waals surface area contributed by atoms with Gasteiger partial charge in [0.15, 0.2) is 4.34 Å². The zero-order valence-electron chi connectivity index (χ0n) is 15.6. The first kappa shape index (κ1) is 19.9. The number of nitrogens with one attached hydrogen (secondary N) is 2. The van der Waals surface area contributed by atoms with Crippen molar-refractivity contribution >= 4 is 39.8 Å². The molecule has 3 rings (SSSR count). The molecule has 0 aliphatic heterocycles. The Bertz CT molecular complexity index is 730. The van der Waals surface area contributed by atoms with Crippen LogP contribution in [0.15, 0.2) is 28.6 Å². The summed E-state index contributed by atoms with van der Waals surface area (Å²) >= 11 is 2.86. The number of aromatic nitrogens is 2. The molecular weight excluding hydrogens is 380 g/mol. The SMILES string of the molecule is COc1ccccc1Nc1nnc(SCC(=O)NC2CCCCCCC2)s1. The minimum atomic E-state index is 0.0833. The van der Waals surface area contributed by atoms with Crippen LogP contribution in [0.1, 0.15) is 44.9 Å². The van der Waals surface area contributed by atoms with Gasteiger partial charge in [-0.3, -0.25) is 4.79 Å². The van der Waals surface area contributed by atoms with Crippen molar-refractivity contribution in [3.05, 3.63) is 24.3 Å². The summed E-state index contributed by atoms with van der Waals surface area (Å²) in [6.45, 7) is 0. The molecule has 6 nitrogen and oxygen atoms in total. The number of rotatable bonds is 7. The number of thioether (sulfide) groups is 1. The van der Waals surface area contributed by atoms with E-state index in [-0.39, 0.29) is 5.91 Å². The quantitative estimate of drug-likeness (QED) is 0.654. The molecule has 1 heterocycles. The van der Waals surface area contributed by atoms with Crippen molar-refractivity contribution in [1.29, 1.82) is 0 Å². The lowest BCUT2D eigenvalue weighted by molar-refractivity contribution is -0.119. The molecule has 1 fully saturated rings. The van der Waals surface area contributed by atoms with E-state index in [9.17, 15) is 4.79 Å². The van der Waals surface area contributed by atoms with Crippen LogP contribution in [0, 0.1) is 0 Å². The molecule has 1 amide bonds. The van der Waals surface area contributed by atoms with Gasteiger partial charge in [0.25, 0.3) is 0 Å². The number of hydrogen-bond donors (Lipinski definition) is 2. The molecule has 146 valence electrons. The second kappa shape index (κ2) is 10.5. The average Bonchev–Trinajstić information content (AvgIpc) is 3.10. The van der Waals surface area contributed by atoms with Crippen LogP contribution in [0.2, 0.25) is 0 Å². The molecule has 1 saturated carbocycles. The average molecular weight is 407 g/mol. The van der Waals surface area contributed by atoms with E-state index in [1.807, 2.05) is 24.3 Å². The van der Waals surface area contributed by atoms with Crippen molar-refractivity contribution in [2.75, 3.05) is 18.2 Å². The minimum Gasteiger partial charge on any atom is -0.495 e. The van der Waals surface area contributed by atoms with Crippen molar-refractivity contribution in [3.63, 3.8) is 0 Å². The van der Waals surface area contributed by atoms with Gasteiger partial charge in [-0.25, -0.2) is 0 Å². The van der Waals surface area contributed by atoms with Gasteiger partial charge in [-0.05, 0) is 25.0 Å². The molecule has 27 heavy (non-hydrogen) atoms. The van der Waals surface area contributed by atoms with E-state index in [1.54, 1.807) is 7.11 Å². The summed E-state index contributed by atoms with van der Waals surface area (Å²) in [5.41, 5.74) is 0.842. The molecule has 0 unspecified atom stereocenters. The van der Waals surface area contributed by atoms with Crippen LogP contribution < -0.4 is 15.4 Å². The molecule has 1 aliphatic carbocycles. The topological polar surface area (TPSA) is 76.1 Å². The van der Waals surface area contributed by atoms with E-state index in [1.165, 1.54) is 55.2 Å². The van der Waals surface area contributed by atoms with Crippen molar-refractivity contribution in [2.45, 2.75) is 55.3 Å². The summed E-state index contributed by atoms with van der Waals surface area (Å²) in [5, 5.41) is 15.4. The first-order chi connectivity index (χ1) is 13.2. The lowest BCUT2D eigenvalue weighted by atomic mass is 9.97. The highest BCUT2D eigenvalue weighted by Crippen LogP contribution is 2.31. The molecule has 2 aromatic rings. The molecule has 8 heteroatoms. The van der Waals surface area contributed by atoms with E-state index in [0.29, 0.717) is 16.9 Å². The number of methoxy groups -OCH3 is 1. The fourth-order valence-corrected chi connectivity index (χ4v) is 4.75. The molecule has 2 N–H and O–H groups in total. The fraction of sp³-hybridized carbons (Fsp3) is 0.526.